The van der Waals surface area contributed by atoms with E-state index in [1.807, 2.05) is 19.1 Å². The molecule has 1 aliphatic rings. The molecule has 1 saturated heterocycles. The van der Waals surface area contributed by atoms with E-state index in [2.05, 4.69) is 11.0 Å². The Morgan fingerprint density at radius 2 is 2.29 bits per heavy atom. The molecule has 0 aromatic heterocycles. The number of rotatable bonds is 1. The number of benzene rings is 1. The summed E-state index contributed by atoms with van der Waals surface area (Å²) in [5.41, 5.74) is 8.95. The number of hydrogen-bond acceptors (Lipinski definition) is 3. The first-order valence-corrected chi connectivity index (χ1v) is 4.96. The lowest BCUT2D eigenvalue weighted by Gasteiger charge is -2.20. The van der Waals surface area contributed by atoms with Crippen molar-refractivity contribution in [3.63, 3.8) is 0 Å². The third kappa shape index (κ3) is 1.68. The highest BCUT2D eigenvalue weighted by Gasteiger charge is 2.21. The van der Waals surface area contributed by atoms with Gasteiger partial charge >= 0.3 is 0 Å². The number of nitrogens with zero attached hydrogens (tertiary/aromatic N) is 1. The molecule has 0 unspecified atom stereocenters. The molecule has 0 spiro atoms. The van der Waals surface area contributed by atoms with E-state index in [0.717, 1.165) is 24.3 Å². The quantitative estimate of drug-likeness (QED) is 0.656. The van der Waals surface area contributed by atoms with Crippen molar-refractivity contribution in [1.82, 2.24) is 0 Å². The van der Waals surface area contributed by atoms with E-state index in [9.17, 15) is 5.11 Å². The predicted molar refractivity (Wildman–Crippen MR) is 58.4 cm³/mol. The molecular formula is C11H16N2O. The van der Waals surface area contributed by atoms with Gasteiger partial charge in [0.25, 0.3) is 0 Å². The van der Waals surface area contributed by atoms with Crippen LogP contribution in [-0.2, 0) is 0 Å². The monoisotopic (exact) mass is 192 g/mol. The number of anilines is 2. The predicted octanol–water partition coefficient (Wildman–Crippen LogP) is 1.15. The number of β-amino-alcohol motifs (C(OH)–C–C–N with tert-alkyl or cyclic N) is 1. The van der Waals surface area contributed by atoms with Gasteiger partial charge in [0.15, 0.2) is 0 Å². The SMILES string of the molecule is Cc1ccc(N2CC[C@@H](O)C2)c(N)c1. The highest BCUT2D eigenvalue weighted by atomic mass is 16.3. The molecule has 1 heterocycles. The maximum Gasteiger partial charge on any atom is 0.0731 e. The Morgan fingerprint density at radius 3 is 2.86 bits per heavy atom. The van der Waals surface area contributed by atoms with Gasteiger partial charge in [0, 0.05) is 13.1 Å². The minimum atomic E-state index is -0.198. The van der Waals surface area contributed by atoms with Gasteiger partial charge in [-0.2, -0.15) is 0 Å². The highest BCUT2D eigenvalue weighted by Crippen LogP contribution is 2.27. The smallest absolute Gasteiger partial charge is 0.0731 e. The summed E-state index contributed by atoms with van der Waals surface area (Å²) in [6.45, 7) is 3.63. The van der Waals surface area contributed by atoms with Crippen molar-refractivity contribution >= 4 is 11.4 Å². The fourth-order valence-electron chi connectivity index (χ4n) is 1.92. The third-order valence-electron chi connectivity index (χ3n) is 2.69. The van der Waals surface area contributed by atoms with Crippen LogP contribution in [-0.4, -0.2) is 24.3 Å². The lowest BCUT2D eigenvalue weighted by Crippen LogP contribution is -2.22. The molecule has 3 N–H and O–H groups in total. The number of hydrogen-bond donors (Lipinski definition) is 2. The Bertz CT molecular complexity index is 338. The van der Waals surface area contributed by atoms with Crippen LogP contribution in [0.2, 0.25) is 0 Å². The molecule has 0 radical (unpaired) electrons. The van der Waals surface area contributed by atoms with E-state index in [0.29, 0.717) is 6.54 Å². The second-order valence-electron chi connectivity index (χ2n) is 3.95. The van der Waals surface area contributed by atoms with E-state index in [-0.39, 0.29) is 6.10 Å². The molecule has 1 fully saturated rings. The second kappa shape index (κ2) is 3.50. The molecular weight excluding hydrogens is 176 g/mol. The molecule has 0 amide bonds. The third-order valence-corrected chi connectivity index (χ3v) is 2.69. The average molecular weight is 192 g/mol. The standard InChI is InChI=1S/C11H16N2O/c1-8-2-3-11(10(12)6-8)13-5-4-9(14)7-13/h2-3,6,9,14H,4-5,7,12H2,1H3/t9-/m1/s1. The van der Waals surface area contributed by atoms with Crippen molar-refractivity contribution < 1.29 is 5.11 Å². The molecule has 3 nitrogen and oxygen atoms in total. The Morgan fingerprint density at radius 1 is 1.50 bits per heavy atom. The summed E-state index contributed by atoms with van der Waals surface area (Å²) in [5.74, 6) is 0. The molecule has 0 bridgehead atoms. The number of aliphatic hydroxyl groups excluding tert-OH is 1. The van der Waals surface area contributed by atoms with Gasteiger partial charge in [-0.05, 0) is 31.0 Å². The van der Waals surface area contributed by atoms with Crippen LogP contribution >= 0.6 is 0 Å². The molecule has 1 aromatic carbocycles. The molecule has 2 rings (SSSR count). The number of aryl methyl sites for hydroxylation is 1. The van der Waals surface area contributed by atoms with Crippen LogP contribution in [0.25, 0.3) is 0 Å². The molecule has 1 aromatic rings. The first-order chi connectivity index (χ1) is 6.66. The number of aliphatic hydroxyl groups is 1. The van der Waals surface area contributed by atoms with Crippen molar-refractivity contribution in [1.29, 1.82) is 0 Å². The summed E-state index contributed by atoms with van der Waals surface area (Å²) < 4.78 is 0. The largest absolute Gasteiger partial charge is 0.397 e. The van der Waals surface area contributed by atoms with Gasteiger partial charge < -0.3 is 15.7 Å². The van der Waals surface area contributed by atoms with Crippen LogP contribution in [0.3, 0.4) is 0 Å². The minimum Gasteiger partial charge on any atom is -0.397 e. The topological polar surface area (TPSA) is 49.5 Å². The summed E-state index contributed by atoms with van der Waals surface area (Å²) in [5, 5.41) is 9.42. The summed E-state index contributed by atoms with van der Waals surface area (Å²) >= 11 is 0. The van der Waals surface area contributed by atoms with Crippen molar-refractivity contribution in [2.24, 2.45) is 0 Å². The maximum atomic E-state index is 9.42. The van der Waals surface area contributed by atoms with Crippen molar-refractivity contribution in [3.8, 4) is 0 Å². The van der Waals surface area contributed by atoms with Crippen LogP contribution in [0.1, 0.15) is 12.0 Å². The van der Waals surface area contributed by atoms with Gasteiger partial charge in [0.2, 0.25) is 0 Å². The molecule has 76 valence electrons. The van der Waals surface area contributed by atoms with Crippen LogP contribution in [0.4, 0.5) is 11.4 Å². The maximum absolute atomic E-state index is 9.42. The van der Waals surface area contributed by atoms with Gasteiger partial charge in [-0.1, -0.05) is 6.07 Å². The molecule has 14 heavy (non-hydrogen) atoms. The lowest BCUT2D eigenvalue weighted by molar-refractivity contribution is 0.198. The Labute approximate surface area is 84.1 Å². The zero-order valence-electron chi connectivity index (χ0n) is 8.40. The lowest BCUT2D eigenvalue weighted by atomic mass is 10.2. The van der Waals surface area contributed by atoms with Gasteiger partial charge in [-0.3, -0.25) is 0 Å². The summed E-state index contributed by atoms with van der Waals surface area (Å²) in [4.78, 5) is 2.14. The highest BCUT2D eigenvalue weighted by molar-refractivity contribution is 5.68. The Balaban J connectivity index is 2.24. The second-order valence-corrected chi connectivity index (χ2v) is 3.95. The molecule has 0 saturated carbocycles. The zero-order valence-corrected chi connectivity index (χ0v) is 8.40. The van der Waals surface area contributed by atoms with Crippen LogP contribution in [0.5, 0.6) is 0 Å². The van der Waals surface area contributed by atoms with Crippen molar-refractivity contribution in [2.75, 3.05) is 23.7 Å². The first kappa shape index (κ1) is 9.34. The van der Waals surface area contributed by atoms with Crippen LogP contribution in [0.15, 0.2) is 18.2 Å². The van der Waals surface area contributed by atoms with E-state index < -0.39 is 0 Å². The molecule has 3 heteroatoms. The zero-order chi connectivity index (χ0) is 10.1. The molecule has 1 atom stereocenters. The Hall–Kier alpha value is -1.22. The molecule has 0 aliphatic carbocycles. The van der Waals surface area contributed by atoms with Crippen molar-refractivity contribution in [3.05, 3.63) is 23.8 Å². The van der Waals surface area contributed by atoms with Gasteiger partial charge in [0.1, 0.15) is 0 Å². The van der Waals surface area contributed by atoms with Gasteiger partial charge in [-0.25, -0.2) is 0 Å². The summed E-state index contributed by atoms with van der Waals surface area (Å²) in [6, 6.07) is 6.05. The number of nitrogen functional groups attached to an aromatic ring is 1. The van der Waals surface area contributed by atoms with Crippen LogP contribution in [0, 0.1) is 6.92 Å². The Kier molecular flexibility index (Phi) is 2.33. The summed E-state index contributed by atoms with van der Waals surface area (Å²) in [6.07, 6.45) is 0.642. The molecule has 1 aliphatic heterocycles. The number of nitrogens with two attached hydrogens (primary N) is 1. The van der Waals surface area contributed by atoms with E-state index in [1.54, 1.807) is 0 Å². The van der Waals surface area contributed by atoms with E-state index in [1.165, 1.54) is 5.56 Å². The average Bonchev–Trinajstić information content (AvgIpc) is 2.51. The van der Waals surface area contributed by atoms with Crippen LogP contribution < -0.4 is 10.6 Å². The first-order valence-electron chi connectivity index (χ1n) is 4.96. The van der Waals surface area contributed by atoms with Gasteiger partial charge in [-0.15, -0.1) is 0 Å². The summed E-state index contributed by atoms with van der Waals surface area (Å²) in [7, 11) is 0. The fourth-order valence-corrected chi connectivity index (χ4v) is 1.92. The van der Waals surface area contributed by atoms with Gasteiger partial charge in [0.05, 0.1) is 17.5 Å². The van der Waals surface area contributed by atoms with E-state index >= 15 is 0 Å². The van der Waals surface area contributed by atoms with E-state index in [4.69, 9.17) is 5.73 Å². The minimum absolute atomic E-state index is 0.198. The normalized spacial score (nSPS) is 21.6. The fraction of sp³-hybridized carbons (Fsp3) is 0.455. The van der Waals surface area contributed by atoms with Crippen molar-refractivity contribution in [2.45, 2.75) is 19.4 Å².